The number of hydrogen-bond donors (Lipinski definition) is 3. The number of imidazole rings is 1. The zero-order chi connectivity index (χ0) is 21.8. The second-order valence-electron chi connectivity index (χ2n) is 6.74. The van der Waals surface area contributed by atoms with Gasteiger partial charge in [0, 0.05) is 30.7 Å². The molecule has 0 amide bonds. The fraction of sp³-hybridized carbons (Fsp3) is 0.0909. The molecule has 0 aliphatic heterocycles. The van der Waals surface area contributed by atoms with Gasteiger partial charge in [0.15, 0.2) is 5.96 Å². The van der Waals surface area contributed by atoms with E-state index in [1.54, 1.807) is 30.7 Å². The molecule has 156 valence electrons. The molecule has 0 bridgehead atoms. The van der Waals surface area contributed by atoms with Crippen molar-refractivity contribution in [3.63, 3.8) is 0 Å². The molecule has 31 heavy (non-hydrogen) atoms. The number of nitrogens with zero attached hydrogens (tertiary/aromatic N) is 4. The topological polar surface area (TPSA) is 133 Å². The minimum Gasteiger partial charge on any atom is -0.465 e. The van der Waals surface area contributed by atoms with Crippen molar-refractivity contribution < 1.29 is 9.53 Å². The number of fused-ring (bicyclic) bond motifs is 1. The van der Waals surface area contributed by atoms with Gasteiger partial charge < -0.3 is 21.5 Å². The van der Waals surface area contributed by atoms with Crippen LogP contribution in [0.15, 0.2) is 72.1 Å². The Morgan fingerprint density at radius 2 is 2.00 bits per heavy atom. The zero-order valence-corrected chi connectivity index (χ0v) is 16.8. The third kappa shape index (κ3) is 4.30. The highest BCUT2D eigenvalue weighted by Gasteiger charge is 2.16. The van der Waals surface area contributed by atoms with Gasteiger partial charge in [-0.25, -0.2) is 14.8 Å². The van der Waals surface area contributed by atoms with Gasteiger partial charge in [0.1, 0.15) is 17.2 Å². The van der Waals surface area contributed by atoms with E-state index in [2.05, 4.69) is 15.3 Å². The lowest BCUT2D eigenvalue weighted by Crippen LogP contribution is -2.21. The van der Waals surface area contributed by atoms with E-state index >= 15 is 0 Å². The maximum atomic E-state index is 11.9. The van der Waals surface area contributed by atoms with Gasteiger partial charge >= 0.3 is 5.97 Å². The average Bonchev–Trinajstić information content (AvgIpc) is 3.16. The summed E-state index contributed by atoms with van der Waals surface area (Å²) in [6, 6.07) is 14.8. The van der Waals surface area contributed by atoms with Crippen molar-refractivity contribution in [2.24, 2.45) is 16.5 Å². The number of anilines is 1. The van der Waals surface area contributed by atoms with Crippen molar-refractivity contribution in [3.05, 3.63) is 78.2 Å². The summed E-state index contributed by atoms with van der Waals surface area (Å²) in [7, 11) is 1.35. The standard InChI is InChI=1S/C22H21N7O2/c1-31-21(30)15-8-10-29-18(11-15)28-19(16-3-2-9-25-13-16)20(29)26-12-14-4-6-17(7-5-14)27-22(23)24/h2-11,13,26H,12H2,1H3,(H4,23,24,27). The maximum Gasteiger partial charge on any atom is 0.338 e. The van der Waals surface area contributed by atoms with E-state index < -0.39 is 5.97 Å². The summed E-state index contributed by atoms with van der Waals surface area (Å²) in [6.07, 6.45) is 5.25. The Hall–Kier alpha value is -4.40. The molecule has 1 aromatic carbocycles. The van der Waals surface area contributed by atoms with Crippen LogP contribution in [0.4, 0.5) is 11.5 Å². The number of pyridine rings is 2. The summed E-state index contributed by atoms with van der Waals surface area (Å²) in [4.78, 5) is 24.9. The second kappa shape index (κ2) is 8.54. The number of rotatable bonds is 6. The Bertz CT molecular complexity index is 1240. The lowest BCUT2D eigenvalue weighted by molar-refractivity contribution is 0.0600. The Kier molecular flexibility index (Phi) is 5.48. The quantitative estimate of drug-likeness (QED) is 0.250. The highest BCUT2D eigenvalue weighted by atomic mass is 16.5. The Morgan fingerprint density at radius 1 is 1.19 bits per heavy atom. The Balaban J connectivity index is 1.69. The highest BCUT2D eigenvalue weighted by Crippen LogP contribution is 2.29. The SMILES string of the molecule is COC(=O)c1ccn2c(NCc3ccc(N=C(N)N)cc3)c(-c3cccnc3)nc2c1. The van der Waals surface area contributed by atoms with Gasteiger partial charge in [-0.3, -0.25) is 9.38 Å². The fourth-order valence-electron chi connectivity index (χ4n) is 3.19. The predicted octanol–water partition coefficient (Wildman–Crippen LogP) is 2.70. The van der Waals surface area contributed by atoms with Crippen LogP contribution in [0.3, 0.4) is 0 Å². The van der Waals surface area contributed by atoms with E-state index in [9.17, 15) is 4.79 Å². The van der Waals surface area contributed by atoms with Crippen LogP contribution >= 0.6 is 0 Å². The molecule has 0 fully saturated rings. The third-order valence-corrected chi connectivity index (χ3v) is 4.64. The number of aliphatic imine (C=N–C) groups is 1. The van der Waals surface area contributed by atoms with Crippen molar-refractivity contribution >= 4 is 29.1 Å². The van der Waals surface area contributed by atoms with Crippen molar-refractivity contribution in [2.75, 3.05) is 12.4 Å². The van der Waals surface area contributed by atoms with E-state index in [-0.39, 0.29) is 5.96 Å². The molecular weight excluding hydrogens is 394 g/mol. The summed E-state index contributed by atoms with van der Waals surface area (Å²) in [5.74, 6) is 0.389. The molecule has 3 heterocycles. The summed E-state index contributed by atoms with van der Waals surface area (Å²) in [5, 5.41) is 3.45. The zero-order valence-electron chi connectivity index (χ0n) is 16.8. The van der Waals surface area contributed by atoms with Crippen molar-refractivity contribution in [1.82, 2.24) is 14.4 Å². The Labute approximate surface area is 178 Å². The van der Waals surface area contributed by atoms with Crippen LogP contribution in [0.2, 0.25) is 0 Å². The van der Waals surface area contributed by atoms with Crippen molar-refractivity contribution in [3.8, 4) is 11.3 Å². The molecule has 9 heteroatoms. The summed E-state index contributed by atoms with van der Waals surface area (Å²) in [6.45, 7) is 0.544. The minimum atomic E-state index is -0.413. The van der Waals surface area contributed by atoms with Gasteiger partial charge in [-0.1, -0.05) is 12.1 Å². The van der Waals surface area contributed by atoms with Crippen LogP contribution in [0.1, 0.15) is 15.9 Å². The van der Waals surface area contributed by atoms with E-state index in [1.165, 1.54) is 7.11 Å². The van der Waals surface area contributed by atoms with Crippen molar-refractivity contribution in [2.45, 2.75) is 6.54 Å². The van der Waals surface area contributed by atoms with Gasteiger partial charge in [-0.05, 0) is 42.0 Å². The van der Waals surface area contributed by atoms with E-state index in [1.807, 2.05) is 40.8 Å². The number of methoxy groups -OCH3 is 1. The molecule has 3 aromatic heterocycles. The molecule has 0 saturated heterocycles. The number of nitrogens with two attached hydrogens (primary N) is 2. The number of benzene rings is 1. The van der Waals surface area contributed by atoms with Crippen LogP contribution in [0.25, 0.3) is 16.9 Å². The monoisotopic (exact) mass is 415 g/mol. The van der Waals surface area contributed by atoms with Gasteiger partial charge in [-0.15, -0.1) is 0 Å². The molecule has 0 aliphatic carbocycles. The lowest BCUT2D eigenvalue weighted by atomic mass is 10.2. The number of aromatic nitrogens is 3. The maximum absolute atomic E-state index is 11.9. The van der Waals surface area contributed by atoms with Gasteiger partial charge in [-0.2, -0.15) is 0 Å². The Morgan fingerprint density at radius 3 is 2.68 bits per heavy atom. The molecular formula is C22H21N7O2. The average molecular weight is 415 g/mol. The summed E-state index contributed by atoms with van der Waals surface area (Å²) in [5.41, 5.74) is 15.2. The normalized spacial score (nSPS) is 10.6. The number of carbonyl (C=O) groups is 1. The summed E-state index contributed by atoms with van der Waals surface area (Å²) < 4.78 is 6.71. The smallest absolute Gasteiger partial charge is 0.338 e. The molecule has 0 atom stereocenters. The third-order valence-electron chi connectivity index (χ3n) is 4.64. The number of nitrogens with one attached hydrogen (secondary N) is 1. The highest BCUT2D eigenvalue weighted by molar-refractivity contribution is 5.91. The van der Waals surface area contributed by atoms with E-state index in [0.717, 1.165) is 22.6 Å². The number of esters is 1. The first-order valence-corrected chi connectivity index (χ1v) is 9.48. The number of carbonyl (C=O) groups excluding carboxylic acids is 1. The van der Waals surface area contributed by atoms with Gasteiger partial charge in [0.25, 0.3) is 0 Å². The van der Waals surface area contributed by atoms with E-state index in [0.29, 0.717) is 23.4 Å². The molecule has 4 rings (SSSR count). The van der Waals surface area contributed by atoms with Crippen LogP contribution < -0.4 is 16.8 Å². The lowest BCUT2D eigenvalue weighted by Gasteiger charge is -2.09. The minimum absolute atomic E-state index is 0.0176. The van der Waals surface area contributed by atoms with Crippen LogP contribution in [-0.2, 0) is 11.3 Å². The number of ether oxygens (including phenoxy) is 1. The number of guanidine groups is 1. The van der Waals surface area contributed by atoms with Crippen LogP contribution in [0, 0.1) is 0 Å². The molecule has 0 unspecified atom stereocenters. The second-order valence-corrected chi connectivity index (χ2v) is 6.74. The largest absolute Gasteiger partial charge is 0.465 e. The van der Waals surface area contributed by atoms with E-state index in [4.69, 9.17) is 21.2 Å². The molecule has 5 N–H and O–H groups in total. The fourth-order valence-corrected chi connectivity index (χ4v) is 3.19. The molecule has 4 aromatic rings. The number of hydrogen-bond acceptors (Lipinski definition) is 6. The molecule has 9 nitrogen and oxygen atoms in total. The van der Waals surface area contributed by atoms with Crippen LogP contribution in [0.5, 0.6) is 0 Å². The van der Waals surface area contributed by atoms with Gasteiger partial charge in [0.2, 0.25) is 0 Å². The molecule has 0 radical (unpaired) electrons. The molecule has 0 saturated carbocycles. The van der Waals surface area contributed by atoms with Crippen LogP contribution in [-0.4, -0.2) is 33.4 Å². The first-order valence-electron chi connectivity index (χ1n) is 9.48. The molecule has 0 spiro atoms. The molecule has 0 aliphatic rings. The summed E-state index contributed by atoms with van der Waals surface area (Å²) >= 11 is 0. The first-order chi connectivity index (χ1) is 15.0. The first kappa shape index (κ1) is 19.9. The van der Waals surface area contributed by atoms with Crippen molar-refractivity contribution in [1.29, 1.82) is 0 Å². The predicted molar refractivity (Wildman–Crippen MR) is 119 cm³/mol. The van der Waals surface area contributed by atoms with Gasteiger partial charge in [0.05, 0.1) is 18.4 Å².